The van der Waals surface area contributed by atoms with Crippen LogP contribution >= 0.6 is 0 Å². The Morgan fingerprint density at radius 1 is 1.55 bits per heavy atom. The Kier molecular flexibility index (Phi) is 4.17. The fourth-order valence-electron chi connectivity index (χ4n) is 2.07. The van der Waals surface area contributed by atoms with E-state index < -0.39 is 0 Å². The molecule has 0 bridgehead atoms. The van der Waals surface area contributed by atoms with Crippen molar-refractivity contribution in [2.24, 2.45) is 10.8 Å². The summed E-state index contributed by atoms with van der Waals surface area (Å²) in [7, 11) is 0. The topological polar surface area (TPSA) is 122 Å². The van der Waals surface area contributed by atoms with Crippen LogP contribution in [0.3, 0.4) is 0 Å². The molecule has 0 aliphatic carbocycles. The van der Waals surface area contributed by atoms with Gasteiger partial charge in [-0.25, -0.2) is 0 Å². The molecule has 2 rings (SSSR count). The van der Waals surface area contributed by atoms with E-state index in [0.717, 1.165) is 18.7 Å². The molecule has 0 aromatic heterocycles. The molecule has 0 saturated carbocycles. The average molecular weight is 272 g/mol. The standard InChI is InChI=1S/C13H16N6O/c14-7-11(13(15)16)18-17-10-3-1-2-4-12(10)19-6-5-9(20)8-19/h1-4,9,17,20H,5-6,8H2,(H3,15,16)/b18-11+. The van der Waals surface area contributed by atoms with Crippen LogP contribution in [0.2, 0.25) is 0 Å². The van der Waals surface area contributed by atoms with Crippen molar-refractivity contribution in [2.45, 2.75) is 12.5 Å². The van der Waals surface area contributed by atoms with Crippen molar-refractivity contribution >= 4 is 22.9 Å². The maximum atomic E-state index is 9.60. The molecule has 20 heavy (non-hydrogen) atoms. The second kappa shape index (κ2) is 6.04. The van der Waals surface area contributed by atoms with Crippen LogP contribution in [0.1, 0.15) is 6.42 Å². The van der Waals surface area contributed by atoms with Gasteiger partial charge in [0, 0.05) is 13.1 Å². The Balaban J connectivity index is 2.21. The summed E-state index contributed by atoms with van der Waals surface area (Å²) in [5, 5.41) is 29.4. The summed E-state index contributed by atoms with van der Waals surface area (Å²) in [6.07, 6.45) is 0.410. The number of benzene rings is 1. The lowest BCUT2D eigenvalue weighted by Gasteiger charge is -2.20. The van der Waals surface area contributed by atoms with E-state index in [1.165, 1.54) is 0 Å². The maximum absolute atomic E-state index is 9.60. The highest BCUT2D eigenvalue weighted by atomic mass is 16.3. The number of hydrazone groups is 1. The fraction of sp³-hybridized carbons (Fsp3) is 0.308. The lowest BCUT2D eigenvalue weighted by atomic mass is 10.2. The zero-order valence-corrected chi connectivity index (χ0v) is 10.9. The number of β-amino-alcohol motifs (C(OH)–C–C–N with tert-alkyl or cyclic N) is 1. The van der Waals surface area contributed by atoms with E-state index in [0.29, 0.717) is 12.2 Å². The van der Waals surface area contributed by atoms with Gasteiger partial charge in [0.2, 0.25) is 5.71 Å². The third kappa shape index (κ3) is 3.05. The molecule has 1 atom stereocenters. The number of nitrogens with zero attached hydrogens (tertiary/aromatic N) is 3. The van der Waals surface area contributed by atoms with Gasteiger partial charge < -0.3 is 15.7 Å². The number of aliphatic hydroxyl groups is 1. The van der Waals surface area contributed by atoms with Crippen LogP contribution in [0.15, 0.2) is 29.4 Å². The average Bonchev–Trinajstić information content (AvgIpc) is 2.86. The van der Waals surface area contributed by atoms with Crippen molar-refractivity contribution < 1.29 is 5.11 Å². The van der Waals surface area contributed by atoms with Crippen LogP contribution in [0.25, 0.3) is 0 Å². The molecule has 1 aliphatic rings. The van der Waals surface area contributed by atoms with Gasteiger partial charge in [-0.2, -0.15) is 10.4 Å². The molecule has 1 aliphatic heterocycles. The van der Waals surface area contributed by atoms with Crippen LogP contribution < -0.4 is 16.1 Å². The van der Waals surface area contributed by atoms with Crippen molar-refractivity contribution in [1.29, 1.82) is 10.7 Å². The molecule has 1 saturated heterocycles. The second-order valence-corrected chi connectivity index (χ2v) is 4.50. The smallest absolute Gasteiger partial charge is 0.201 e. The Morgan fingerprint density at radius 2 is 2.30 bits per heavy atom. The number of nitrogens with one attached hydrogen (secondary N) is 2. The summed E-state index contributed by atoms with van der Waals surface area (Å²) < 4.78 is 0. The minimum absolute atomic E-state index is 0.166. The number of nitriles is 1. The number of rotatable bonds is 4. The SMILES string of the molecule is N#C/C(=N\Nc1ccccc1N1CCC(O)C1)C(=N)N. The van der Waals surface area contributed by atoms with Crippen LogP contribution in [0.5, 0.6) is 0 Å². The van der Waals surface area contributed by atoms with E-state index in [9.17, 15) is 5.11 Å². The monoisotopic (exact) mass is 272 g/mol. The molecule has 0 radical (unpaired) electrons. The van der Waals surface area contributed by atoms with E-state index in [1.54, 1.807) is 6.07 Å². The first-order chi connectivity index (χ1) is 9.61. The first-order valence-corrected chi connectivity index (χ1v) is 6.22. The van der Waals surface area contributed by atoms with Crippen LogP contribution in [-0.4, -0.2) is 35.8 Å². The van der Waals surface area contributed by atoms with E-state index >= 15 is 0 Å². The predicted octanol–water partition coefficient (Wildman–Crippen LogP) is 0.485. The molecule has 1 aromatic rings. The van der Waals surface area contributed by atoms with Gasteiger partial charge >= 0.3 is 0 Å². The summed E-state index contributed by atoms with van der Waals surface area (Å²) in [5.41, 5.74) is 9.43. The van der Waals surface area contributed by atoms with Gasteiger partial charge in [-0.05, 0) is 18.6 Å². The molecule has 0 amide bonds. The first kappa shape index (κ1) is 13.8. The molecule has 1 fully saturated rings. The molecule has 5 N–H and O–H groups in total. The number of anilines is 2. The summed E-state index contributed by atoms with van der Waals surface area (Å²) in [6, 6.07) is 9.22. The Morgan fingerprint density at radius 3 is 2.90 bits per heavy atom. The van der Waals surface area contributed by atoms with Crippen LogP contribution in [0, 0.1) is 16.7 Å². The molecule has 0 spiro atoms. The largest absolute Gasteiger partial charge is 0.391 e. The zero-order valence-electron chi connectivity index (χ0n) is 10.9. The van der Waals surface area contributed by atoms with Crippen molar-refractivity contribution in [2.75, 3.05) is 23.4 Å². The molecule has 7 heteroatoms. The highest BCUT2D eigenvalue weighted by Gasteiger charge is 2.22. The third-order valence-electron chi connectivity index (χ3n) is 3.06. The van der Waals surface area contributed by atoms with E-state index in [-0.39, 0.29) is 17.7 Å². The van der Waals surface area contributed by atoms with Crippen molar-refractivity contribution in [3.05, 3.63) is 24.3 Å². The van der Waals surface area contributed by atoms with Gasteiger partial charge in [-0.15, -0.1) is 0 Å². The van der Waals surface area contributed by atoms with Gasteiger partial charge in [-0.1, -0.05) is 12.1 Å². The third-order valence-corrected chi connectivity index (χ3v) is 3.06. The number of amidine groups is 1. The molecule has 1 unspecified atom stereocenters. The highest BCUT2D eigenvalue weighted by Crippen LogP contribution is 2.28. The quantitative estimate of drug-likeness (QED) is 0.361. The van der Waals surface area contributed by atoms with E-state index in [1.807, 2.05) is 29.2 Å². The number of hydrogen-bond donors (Lipinski definition) is 4. The minimum atomic E-state index is -0.380. The Bertz CT molecular complexity index is 576. The van der Waals surface area contributed by atoms with Gasteiger partial charge in [0.25, 0.3) is 0 Å². The molecule has 1 heterocycles. The molecular weight excluding hydrogens is 256 g/mol. The first-order valence-electron chi connectivity index (χ1n) is 6.22. The summed E-state index contributed by atoms with van der Waals surface area (Å²) in [5.74, 6) is -0.380. The van der Waals surface area contributed by atoms with Crippen molar-refractivity contribution in [1.82, 2.24) is 0 Å². The fourth-order valence-corrected chi connectivity index (χ4v) is 2.07. The normalized spacial score (nSPS) is 18.7. The maximum Gasteiger partial charge on any atom is 0.201 e. The van der Waals surface area contributed by atoms with Crippen LogP contribution in [0.4, 0.5) is 11.4 Å². The Labute approximate surface area is 116 Å². The van der Waals surface area contributed by atoms with Crippen molar-refractivity contribution in [3.63, 3.8) is 0 Å². The van der Waals surface area contributed by atoms with E-state index in [4.69, 9.17) is 16.4 Å². The summed E-state index contributed by atoms with van der Waals surface area (Å²) in [6.45, 7) is 1.33. The number of nitrogens with two attached hydrogens (primary N) is 1. The molecule has 7 nitrogen and oxygen atoms in total. The van der Waals surface area contributed by atoms with Crippen molar-refractivity contribution in [3.8, 4) is 6.07 Å². The summed E-state index contributed by atoms with van der Waals surface area (Å²) in [4.78, 5) is 2.04. The predicted molar refractivity (Wildman–Crippen MR) is 77.9 cm³/mol. The zero-order chi connectivity index (χ0) is 14.5. The second-order valence-electron chi connectivity index (χ2n) is 4.50. The van der Waals surface area contributed by atoms with Gasteiger partial charge in [0.1, 0.15) is 6.07 Å². The van der Waals surface area contributed by atoms with Gasteiger partial charge in [0.05, 0.1) is 17.5 Å². The van der Waals surface area contributed by atoms with Crippen LogP contribution in [-0.2, 0) is 0 Å². The molecule has 104 valence electrons. The van der Waals surface area contributed by atoms with E-state index in [2.05, 4.69) is 10.5 Å². The minimum Gasteiger partial charge on any atom is -0.391 e. The molecule has 1 aromatic carbocycles. The highest BCUT2D eigenvalue weighted by molar-refractivity contribution is 6.45. The number of hydrogen-bond acceptors (Lipinski definition) is 6. The van der Waals surface area contributed by atoms with Gasteiger partial charge in [-0.3, -0.25) is 10.8 Å². The van der Waals surface area contributed by atoms with Gasteiger partial charge in [0.15, 0.2) is 5.84 Å². The lowest BCUT2D eigenvalue weighted by Crippen LogP contribution is -2.23. The molecular formula is C13H16N6O. The number of para-hydroxylation sites is 2. The lowest BCUT2D eigenvalue weighted by molar-refractivity contribution is 0.198. The summed E-state index contributed by atoms with van der Waals surface area (Å²) >= 11 is 0. The Hall–Kier alpha value is -2.59. The number of aliphatic hydroxyl groups excluding tert-OH is 1.